The minimum Gasteiger partial charge on any atom is -0.479 e. The monoisotopic (exact) mass is 241 g/mol. The van der Waals surface area contributed by atoms with Gasteiger partial charge in [0, 0.05) is 12.1 Å². The van der Waals surface area contributed by atoms with Gasteiger partial charge >= 0.3 is 5.97 Å². The minimum absolute atomic E-state index is 0.0451. The highest BCUT2D eigenvalue weighted by atomic mass is 16.5. The van der Waals surface area contributed by atoms with Gasteiger partial charge < -0.3 is 14.7 Å². The fourth-order valence-electron chi connectivity index (χ4n) is 2.69. The number of carboxylic acids is 1. The molecule has 0 saturated carbocycles. The molecule has 5 heteroatoms. The number of hydrogen-bond acceptors (Lipinski definition) is 3. The van der Waals surface area contributed by atoms with Gasteiger partial charge in [-0.1, -0.05) is 0 Å². The molecular formula is C12H19NO4. The Bertz CT molecular complexity index is 339. The first-order valence-corrected chi connectivity index (χ1v) is 6.11. The number of hydrogen-bond donors (Lipinski definition) is 1. The lowest BCUT2D eigenvalue weighted by Gasteiger charge is -2.33. The number of carbonyl (C=O) groups excluding carboxylic acids is 1. The maximum atomic E-state index is 12.2. The predicted octanol–water partition coefficient (Wildman–Crippen LogP) is 1.02. The molecule has 0 aliphatic carbocycles. The van der Waals surface area contributed by atoms with Crippen molar-refractivity contribution < 1.29 is 19.4 Å². The van der Waals surface area contributed by atoms with Crippen molar-refractivity contribution in [2.45, 2.75) is 57.3 Å². The average Bonchev–Trinajstić information content (AvgIpc) is 2.82. The summed E-state index contributed by atoms with van der Waals surface area (Å²) in [6.07, 6.45) is 1.58. The number of carboxylic acid groups (broad SMARTS) is 1. The van der Waals surface area contributed by atoms with Gasteiger partial charge in [0.1, 0.15) is 6.10 Å². The zero-order valence-electron chi connectivity index (χ0n) is 10.3. The van der Waals surface area contributed by atoms with Crippen LogP contribution in [0, 0.1) is 0 Å². The predicted molar refractivity (Wildman–Crippen MR) is 60.6 cm³/mol. The van der Waals surface area contributed by atoms with E-state index in [1.165, 1.54) is 0 Å². The number of amides is 1. The van der Waals surface area contributed by atoms with Gasteiger partial charge in [-0.25, -0.2) is 4.79 Å². The molecule has 2 aliphatic heterocycles. The first-order valence-electron chi connectivity index (χ1n) is 6.11. The van der Waals surface area contributed by atoms with Crippen LogP contribution in [0.1, 0.15) is 39.5 Å². The smallest absolute Gasteiger partial charge is 0.332 e. The zero-order valence-corrected chi connectivity index (χ0v) is 10.3. The number of nitrogens with zero attached hydrogens (tertiary/aromatic N) is 1. The highest BCUT2D eigenvalue weighted by molar-refractivity contribution is 5.83. The zero-order chi connectivity index (χ0) is 12.6. The van der Waals surface area contributed by atoms with Crippen LogP contribution in [0.4, 0.5) is 0 Å². The van der Waals surface area contributed by atoms with Crippen LogP contribution in [-0.2, 0) is 14.3 Å². The van der Waals surface area contributed by atoms with Crippen LogP contribution >= 0.6 is 0 Å². The van der Waals surface area contributed by atoms with Crippen molar-refractivity contribution in [2.24, 2.45) is 0 Å². The third-order valence-corrected chi connectivity index (χ3v) is 3.74. The number of carbonyl (C=O) groups is 2. The van der Waals surface area contributed by atoms with Gasteiger partial charge in [-0.2, -0.15) is 0 Å². The molecule has 0 bridgehead atoms. The Balaban J connectivity index is 2.00. The maximum absolute atomic E-state index is 12.2. The van der Waals surface area contributed by atoms with Crippen LogP contribution in [0.25, 0.3) is 0 Å². The van der Waals surface area contributed by atoms with E-state index in [9.17, 15) is 9.59 Å². The lowest BCUT2D eigenvalue weighted by molar-refractivity contribution is -0.156. The number of rotatable bonds is 2. The van der Waals surface area contributed by atoms with Gasteiger partial charge in [0.2, 0.25) is 0 Å². The molecule has 0 spiro atoms. The second-order valence-corrected chi connectivity index (χ2v) is 5.43. The molecule has 96 valence electrons. The minimum atomic E-state index is -0.971. The number of likely N-dealkylation sites (tertiary alicyclic amines) is 1. The van der Waals surface area contributed by atoms with Crippen molar-refractivity contribution >= 4 is 11.9 Å². The summed E-state index contributed by atoms with van der Waals surface area (Å²) in [4.78, 5) is 24.8. The normalized spacial score (nSPS) is 31.8. The standard InChI is InChI=1S/C12H19NO4/c1-12(2)6-3-7-13(12)10(14)8-4-5-9(17-8)11(15)16/h8-9H,3-7H2,1-2H3,(H,15,16)/t8-,9+/m0/s1. The van der Waals surface area contributed by atoms with E-state index in [0.717, 1.165) is 19.4 Å². The van der Waals surface area contributed by atoms with E-state index in [4.69, 9.17) is 9.84 Å². The highest BCUT2D eigenvalue weighted by Gasteiger charge is 2.42. The highest BCUT2D eigenvalue weighted by Crippen LogP contribution is 2.31. The Hall–Kier alpha value is -1.10. The van der Waals surface area contributed by atoms with Crippen molar-refractivity contribution in [3.8, 4) is 0 Å². The third kappa shape index (κ3) is 2.29. The van der Waals surface area contributed by atoms with Gasteiger partial charge in [0.25, 0.3) is 5.91 Å². The second-order valence-electron chi connectivity index (χ2n) is 5.43. The summed E-state index contributed by atoms with van der Waals surface area (Å²) >= 11 is 0. The van der Waals surface area contributed by atoms with Crippen LogP contribution in [0.2, 0.25) is 0 Å². The van der Waals surface area contributed by atoms with E-state index in [1.54, 1.807) is 0 Å². The molecule has 1 N–H and O–H groups in total. The first-order chi connectivity index (χ1) is 7.92. The van der Waals surface area contributed by atoms with Gasteiger partial charge in [0.05, 0.1) is 0 Å². The van der Waals surface area contributed by atoms with Gasteiger partial charge in [-0.3, -0.25) is 4.79 Å². The summed E-state index contributed by atoms with van der Waals surface area (Å²) in [6, 6.07) is 0. The summed E-state index contributed by atoms with van der Waals surface area (Å²) in [5.41, 5.74) is -0.123. The van der Waals surface area contributed by atoms with Crippen molar-refractivity contribution in [1.82, 2.24) is 4.90 Å². The van der Waals surface area contributed by atoms with E-state index in [0.29, 0.717) is 12.8 Å². The number of ether oxygens (including phenoxy) is 1. The van der Waals surface area contributed by atoms with Crippen molar-refractivity contribution in [1.29, 1.82) is 0 Å². The van der Waals surface area contributed by atoms with Gasteiger partial charge in [0.15, 0.2) is 6.10 Å². The van der Waals surface area contributed by atoms with Crippen LogP contribution < -0.4 is 0 Å². The van der Waals surface area contributed by atoms with Gasteiger partial charge in [-0.15, -0.1) is 0 Å². The van der Waals surface area contributed by atoms with E-state index >= 15 is 0 Å². The summed E-state index contributed by atoms with van der Waals surface area (Å²) in [6.45, 7) is 4.84. The summed E-state index contributed by atoms with van der Waals surface area (Å²) in [5, 5.41) is 8.83. The molecule has 0 aromatic heterocycles. The molecule has 2 atom stereocenters. The Kier molecular flexibility index (Phi) is 3.12. The van der Waals surface area contributed by atoms with Crippen molar-refractivity contribution in [3.63, 3.8) is 0 Å². The largest absolute Gasteiger partial charge is 0.479 e. The molecule has 2 heterocycles. The molecule has 0 unspecified atom stereocenters. The van der Waals surface area contributed by atoms with Gasteiger partial charge in [-0.05, 0) is 39.5 Å². The Morgan fingerprint density at radius 3 is 2.41 bits per heavy atom. The lowest BCUT2D eigenvalue weighted by atomic mass is 10.0. The molecular weight excluding hydrogens is 222 g/mol. The van der Waals surface area contributed by atoms with Crippen LogP contribution in [-0.4, -0.2) is 46.2 Å². The Morgan fingerprint density at radius 2 is 1.94 bits per heavy atom. The van der Waals surface area contributed by atoms with E-state index in [-0.39, 0.29) is 11.4 Å². The first kappa shape index (κ1) is 12.4. The topological polar surface area (TPSA) is 66.8 Å². The van der Waals surface area contributed by atoms with E-state index < -0.39 is 18.2 Å². The average molecular weight is 241 g/mol. The molecule has 2 aliphatic rings. The van der Waals surface area contributed by atoms with E-state index in [2.05, 4.69) is 0 Å². The fraction of sp³-hybridized carbons (Fsp3) is 0.833. The molecule has 0 aromatic carbocycles. The molecule has 0 radical (unpaired) electrons. The second kappa shape index (κ2) is 4.29. The molecule has 2 saturated heterocycles. The van der Waals surface area contributed by atoms with Crippen LogP contribution in [0.3, 0.4) is 0 Å². The molecule has 1 amide bonds. The summed E-state index contributed by atoms with van der Waals surface area (Å²) in [5.74, 6) is -1.02. The Morgan fingerprint density at radius 1 is 1.29 bits per heavy atom. The lowest BCUT2D eigenvalue weighted by Crippen LogP contribution is -2.47. The van der Waals surface area contributed by atoms with Crippen molar-refractivity contribution in [3.05, 3.63) is 0 Å². The maximum Gasteiger partial charge on any atom is 0.332 e. The fourth-order valence-corrected chi connectivity index (χ4v) is 2.69. The van der Waals surface area contributed by atoms with Crippen LogP contribution in [0.5, 0.6) is 0 Å². The Labute approximate surface area is 101 Å². The SMILES string of the molecule is CC1(C)CCCN1C(=O)[C@@H]1CC[C@H](C(=O)O)O1. The molecule has 2 rings (SSSR count). The molecule has 2 fully saturated rings. The third-order valence-electron chi connectivity index (χ3n) is 3.74. The number of aliphatic carboxylic acids is 1. The molecule has 0 aromatic rings. The quantitative estimate of drug-likeness (QED) is 0.783. The van der Waals surface area contributed by atoms with Crippen molar-refractivity contribution in [2.75, 3.05) is 6.54 Å². The molecule has 5 nitrogen and oxygen atoms in total. The summed E-state index contributed by atoms with van der Waals surface area (Å²) in [7, 11) is 0. The van der Waals surface area contributed by atoms with Crippen LogP contribution in [0.15, 0.2) is 0 Å². The summed E-state index contributed by atoms with van der Waals surface area (Å²) < 4.78 is 5.30. The molecule has 17 heavy (non-hydrogen) atoms. The van der Waals surface area contributed by atoms with E-state index in [1.807, 2.05) is 18.7 Å².